The van der Waals surface area contributed by atoms with Gasteiger partial charge in [0.05, 0.1) is 5.82 Å². The number of aromatic nitrogens is 3. The van der Waals surface area contributed by atoms with Gasteiger partial charge < -0.3 is 4.57 Å². The predicted octanol–water partition coefficient (Wildman–Crippen LogP) is 3.32. The Morgan fingerprint density at radius 1 is 1.10 bits per heavy atom. The summed E-state index contributed by atoms with van der Waals surface area (Å²) in [4.78, 5) is 0. The van der Waals surface area contributed by atoms with Gasteiger partial charge in [0.2, 0.25) is 0 Å². The van der Waals surface area contributed by atoms with E-state index < -0.39 is 11.6 Å². The van der Waals surface area contributed by atoms with Crippen LogP contribution in [0.25, 0.3) is 17.1 Å². The molecular weight excluding hydrogens is 452 g/mol. The molecule has 0 saturated carbocycles. The van der Waals surface area contributed by atoms with Gasteiger partial charge in [-0.2, -0.15) is 5.10 Å². The second-order valence-electron chi connectivity index (χ2n) is 4.28. The summed E-state index contributed by atoms with van der Waals surface area (Å²) < 4.78 is 28.6. The van der Waals surface area contributed by atoms with Crippen molar-refractivity contribution < 1.29 is 28.9 Å². The first-order valence-electron chi connectivity index (χ1n) is 6.01. The summed E-state index contributed by atoms with van der Waals surface area (Å²) >= 11 is 0. The van der Waals surface area contributed by atoms with Crippen LogP contribution in [0.15, 0.2) is 42.5 Å². The van der Waals surface area contributed by atoms with E-state index in [9.17, 15) is 8.78 Å². The minimum Gasteiger partial charge on any atom is -0.320 e. The molecule has 3 rings (SSSR count). The Labute approximate surface area is 134 Å². The molecule has 0 saturated heterocycles. The number of rotatable bonds is 2. The van der Waals surface area contributed by atoms with Crippen molar-refractivity contribution in [3.8, 4) is 17.1 Å². The summed E-state index contributed by atoms with van der Waals surface area (Å²) in [6.07, 6.45) is 0. The Balaban J connectivity index is 0.00000161. The first-order valence-corrected chi connectivity index (χ1v) is 6.01. The Bertz CT molecular complexity index is 757. The Morgan fingerprint density at radius 3 is 2.48 bits per heavy atom. The normalized spacial score (nSPS) is 10.2. The fraction of sp³-hybridized carbons (Fsp3) is 0.0667. The van der Waals surface area contributed by atoms with Crippen LogP contribution in [0.4, 0.5) is 8.78 Å². The summed E-state index contributed by atoms with van der Waals surface area (Å²) in [7, 11) is 0. The van der Waals surface area contributed by atoms with Crippen LogP contribution in [0.3, 0.4) is 0 Å². The van der Waals surface area contributed by atoms with Gasteiger partial charge in [0.15, 0.2) is 0 Å². The Morgan fingerprint density at radius 2 is 1.81 bits per heavy atom. The molecule has 1 heterocycles. The maximum Gasteiger partial charge on any atom is 0.125 e. The van der Waals surface area contributed by atoms with E-state index in [1.165, 1.54) is 0 Å². The summed E-state index contributed by atoms with van der Waals surface area (Å²) in [5.74, 6) is -0.474. The van der Waals surface area contributed by atoms with Gasteiger partial charge in [-0.25, -0.2) is 0 Å². The van der Waals surface area contributed by atoms with Crippen molar-refractivity contribution in [3.63, 3.8) is 0 Å². The predicted molar refractivity (Wildman–Crippen MR) is 70.3 cm³/mol. The third kappa shape index (κ3) is 2.91. The Kier molecular flexibility index (Phi) is 4.60. The summed E-state index contributed by atoms with van der Waals surface area (Å²) in [6.45, 7) is 1.77. The monoisotopic (exact) mass is 463 g/mol. The van der Waals surface area contributed by atoms with Gasteiger partial charge in [-0.3, -0.25) is 8.78 Å². The molecule has 3 aromatic rings. The van der Waals surface area contributed by atoms with Crippen molar-refractivity contribution in [1.29, 1.82) is 0 Å². The molecule has 3 nitrogen and oxygen atoms in total. The van der Waals surface area contributed by atoms with Crippen molar-refractivity contribution in [2.75, 3.05) is 0 Å². The molecule has 6 heteroatoms. The summed E-state index contributed by atoms with van der Waals surface area (Å²) in [5, 5.41) is 7.94. The average molecular weight is 462 g/mol. The van der Waals surface area contributed by atoms with Crippen molar-refractivity contribution in [2.24, 2.45) is 0 Å². The quantitative estimate of drug-likeness (QED) is 0.548. The van der Waals surface area contributed by atoms with E-state index in [1.807, 2.05) is 30.3 Å². The van der Waals surface area contributed by atoms with Crippen LogP contribution in [0.1, 0.15) is 5.82 Å². The number of para-hydroxylation sites is 1. The fourth-order valence-corrected chi connectivity index (χ4v) is 2.03. The van der Waals surface area contributed by atoms with Crippen molar-refractivity contribution in [2.45, 2.75) is 6.92 Å². The molecule has 21 heavy (non-hydrogen) atoms. The maximum absolute atomic E-state index is 13.9. The number of nitrogens with zero attached hydrogens (tertiary/aromatic N) is 3. The van der Waals surface area contributed by atoms with E-state index in [1.54, 1.807) is 11.5 Å². The molecular formula is C15H10F2IrN3-. The number of hydrogen-bond acceptors (Lipinski definition) is 2. The van der Waals surface area contributed by atoms with Crippen LogP contribution < -0.4 is 0 Å². The minimum atomic E-state index is -0.713. The standard InChI is InChI=1S/C15H10F2N3.Ir/c1-10-18-19-15(13-8-7-11(16)9-14(13)17)20(10)12-5-3-2-4-6-12;/h2-7,9H,1H3;/q-1;. The van der Waals surface area contributed by atoms with Gasteiger partial charge in [0, 0.05) is 37.4 Å². The zero-order valence-electron chi connectivity index (χ0n) is 11.0. The molecule has 0 unspecified atom stereocenters. The molecule has 2 aromatic carbocycles. The van der Waals surface area contributed by atoms with E-state index in [0.717, 1.165) is 17.8 Å². The number of halogens is 2. The van der Waals surface area contributed by atoms with Gasteiger partial charge in [-0.05, 0) is 19.1 Å². The smallest absolute Gasteiger partial charge is 0.125 e. The zero-order chi connectivity index (χ0) is 14.1. The van der Waals surface area contributed by atoms with E-state index >= 15 is 0 Å². The van der Waals surface area contributed by atoms with E-state index in [-0.39, 0.29) is 25.7 Å². The molecule has 0 spiro atoms. The fourth-order valence-electron chi connectivity index (χ4n) is 2.03. The van der Waals surface area contributed by atoms with E-state index in [2.05, 4.69) is 16.3 Å². The second kappa shape index (κ2) is 6.24. The molecule has 0 amide bonds. The van der Waals surface area contributed by atoms with Gasteiger partial charge in [-0.1, -0.05) is 29.8 Å². The van der Waals surface area contributed by atoms with Gasteiger partial charge in [-0.15, -0.1) is 17.2 Å². The number of aryl methyl sites for hydroxylation is 1. The SMILES string of the molecule is Cc1nnc(-c2[c-]cc(F)cc2F)n1-c1ccccc1.[Ir]. The number of benzene rings is 2. The third-order valence-electron chi connectivity index (χ3n) is 2.92. The van der Waals surface area contributed by atoms with Crippen molar-refractivity contribution in [3.05, 3.63) is 66.0 Å². The van der Waals surface area contributed by atoms with Gasteiger partial charge in [0.1, 0.15) is 5.82 Å². The molecule has 0 aliphatic carbocycles. The first-order chi connectivity index (χ1) is 9.66. The summed E-state index contributed by atoms with van der Waals surface area (Å²) in [5.41, 5.74) is 0.901. The maximum atomic E-state index is 13.9. The van der Waals surface area contributed by atoms with Crippen LogP contribution in [0.5, 0.6) is 0 Å². The minimum absolute atomic E-state index is 0. The molecule has 0 bridgehead atoms. The molecule has 1 aromatic heterocycles. The molecule has 0 atom stereocenters. The Hall–Kier alpha value is -1.91. The van der Waals surface area contributed by atoms with Crippen molar-refractivity contribution >= 4 is 0 Å². The van der Waals surface area contributed by atoms with Gasteiger partial charge >= 0.3 is 0 Å². The third-order valence-corrected chi connectivity index (χ3v) is 2.92. The van der Waals surface area contributed by atoms with Crippen LogP contribution >= 0.6 is 0 Å². The molecule has 109 valence electrons. The van der Waals surface area contributed by atoms with Crippen molar-refractivity contribution in [1.82, 2.24) is 14.8 Å². The van der Waals surface area contributed by atoms with Crippen LogP contribution in [0.2, 0.25) is 0 Å². The molecule has 0 aliphatic rings. The van der Waals surface area contributed by atoms with E-state index in [0.29, 0.717) is 11.6 Å². The topological polar surface area (TPSA) is 30.7 Å². The van der Waals surface area contributed by atoms with Gasteiger partial charge in [0.25, 0.3) is 0 Å². The second-order valence-corrected chi connectivity index (χ2v) is 4.28. The zero-order valence-corrected chi connectivity index (χ0v) is 13.4. The van der Waals surface area contributed by atoms with Crippen LogP contribution in [-0.2, 0) is 20.1 Å². The molecule has 0 fully saturated rings. The molecule has 0 aliphatic heterocycles. The first kappa shape index (κ1) is 15.5. The molecule has 0 N–H and O–H groups in total. The van der Waals surface area contributed by atoms with Crippen LogP contribution in [-0.4, -0.2) is 14.8 Å². The average Bonchev–Trinajstić information content (AvgIpc) is 2.81. The van der Waals surface area contributed by atoms with E-state index in [4.69, 9.17) is 0 Å². The largest absolute Gasteiger partial charge is 0.320 e. The molecule has 1 radical (unpaired) electrons. The number of hydrogen-bond donors (Lipinski definition) is 0. The summed E-state index contributed by atoms with van der Waals surface area (Å²) in [6, 6.07) is 13.8. The van der Waals surface area contributed by atoms with Crippen LogP contribution in [0, 0.1) is 24.6 Å².